The van der Waals surface area contributed by atoms with E-state index in [1.54, 1.807) is 0 Å². The Morgan fingerprint density at radius 2 is 1.00 bits per heavy atom. The van der Waals surface area contributed by atoms with Gasteiger partial charge in [0.15, 0.2) is 0 Å². The lowest BCUT2D eigenvalue weighted by atomic mass is 9.94. The highest BCUT2D eigenvalue weighted by Crippen LogP contribution is 2.50. The molecule has 32 heavy (non-hydrogen) atoms. The fraction of sp³-hybridized carbons (Fsp3) is 0. The van der Waals surface area contributed by atoms with Crippen LogP contribution in [0.5, 0.6) is 0 Å². The van der Waals surface area contributed by atoms with Crippen LogP contribution < -0.4 is 0 Å². The summed E-state index contributed by atoms with van der Waals surface area (Å²) in [4.78, 5) is 0. The van der Waals surface area contributed by atoms with Crippen molar-refractivity contribution >= 4 is 10.8 Å². The van der Waals surface area contributed by atoms with Gasteiger partial charge in [0, 0.05) is 0 Å². The molecule has 0 radical (unpaired) electrons. The van der Waals surface area contributed by atoms with Gasteiger partial charge in [-0.15, -0.1) is 0 Å². The molecule has 0 atom stereocenters. The van der Waals surface area contributed by atoms with Gasteiger partial charge in [-0.3, -0.25) is 0 Å². The first-order chi connectivity index (χ1) is 15.8. The molecule has 1 aliphatic carbocycles. The predicted octanol–water partition coefficient (Wildman–Crippen LogP) is 7.56. The lowest BCUT2D eigenvalue weighted by Crippen LogP contribution is -1.84. The van der Waals surface area contributed by atoms with E-state index < -0.39 is 0 Å². The zero-order chi connectivity index (χ0) is 21.7. The van der Waals surface area contributed by atoms with Crippen LogP contribution in [0.1, 0.15) is 11.1 Å². The third kappa shape index (κ3) is 2.64. The molecule has 0 unspecified atom stereocenters. The quantitative estimate of drug-likeness (QED) is 0.299. The van der Waals surface area contributed by atoms with E-state index in [9.17, 15) is 0 Å². The number of benzene rings is 5. The topological polar surface area (TPSA) is 47.6 Å². The van der Waals surface area contributed by atoms with Crippen molar-refractivity contribution in [1.82, 2.24) is 0 Å². The number of nitriles is 2. The predicted molar refractivity (Wildman–Crippen MR) is 129 cm³/mol. The second-order valence-electron chi connectivity index (χ2n) is 8.03. The molecule has 0 N–H and O–H groups in total. The smallest absolute Gasteiger partial charge is 0.0991 e. The number of hydrogen-bond acceptors (Lipinski definition) is 2. The minimum Gasteiger partial charge on any atom is -0.192 e. The maximum Gasteiger partial charge on any atom is 0.0991 e. The van der Waals surface area contributed by atoms with Crippen molar-refractivity contribution in [3.05, 3.63) is 108 Å². The summed E-state index contributed by atoms with van der Waals surface area (Å²) in [6, 6.07) is 37.4. The maximum absolute atomic E-state index is 9.12. The summed E-state index contributed by atoms with van der Waals surface area (Å²) in [5, 5.41) is 20.7. The molecule has 6 rings (SSSR count). The Labute approximate surface area is 186 Å². The molecule has 0 fully saturated rings. The summed E-state index contributed by atoms with van der Waals surface area (Å²) in [5.74, 6) is 0. The Kier molecular flexibility index (Phi) is 3.94. The second kappa shape index (κ2) is 6.95. The summed E-state index contributed by atoms with van der Waals surface area (Å²) < 4.78 is 0. The van der Waals surface area contributed by atoms with Crippen LogP contribution in [0.25, 0.3) is 55.3 Å². The summed E-state index contributed by atoms with van der Waals surface area (Å²) in [6.07, 6.45) is 0. The molecule has 5 aromatic carbocycles. The van der Waals surface area contributed by atoms with Crippen molar-refractivity contribution in [1.29, 1.82) is 10.5 Å². The molecule has 0 aromatic heterocycles. The summed E-state index contributed by atoms with van der Waals surface area (Å²) >= 11 is 0. The fourth-order valence-electron chi connectivity index (χ4n) is 4.75. The van der Waals surface area contributed by atoms with Crippen molar-refractivity contribution in [3.8, 4) is 56.6 Å². The lowest BCUT2D eigenvalue weighted by Gasteiger charge is -2.09. The Bertz CT molecular complexity index is 1610. The molecule has 0 amide bonds. The molecule has 2 nitrogen and oxygen atoms in total. The van der Waals surface area contributed by atoms with E-state index in [2.05, 4.69) is 60.7 Å². The monoisotopic (exact) mass is 404 g/mol. The first kappa shape index (κ1) is 18.1. The van der Waals surface area contributed by atoms with E-state index in [1.165, 1.54) is 38.6 Å². The number of hydrogen-bond donors (Lipinski definition) is 0. The van der Waals surface area contributed by atoms with Crippen LogP contribution in [0, 0.1) is 22.7 Å². The average molecular weight is 404 g/mol. The van der Waals surface area contributed by atoms with Gasteiger partial charge >= 0.3 is 0 Å². The number of rotatable bonds is 2. The van der Waals surface area contributed by atoms with Crippen LogP contribution in [-0.2, 0) is 0 Å². The molecule has 5 aromatic rings. The third-order valence-corrected chi connectivity index (χ3v) is 6.31. The molecule has 0 saturated carbocycles. The van der Waals surface area contributed by atoms with Crippen LogP contribution in [-0.4, -0.2) is 0 Å². The number of fused-ring (bicyclic) bond motifs is 3. The lowest BCUT2D eigenvalue weighted by molar-refractivity contribution is 1.48. The highest BCUT2D eigenvalue weighted by Gasteiger charge is 2.23. The van der Waals surface area contributed by atoms with Gasteiger partial charge in [0.25, 0.3) is 0 Å². The van der Waals surface area contributed by atoms with Gasteiger partial charge in [-0.25, -0.2) is 0 Å². The van der Waals surface area contributed by atoms with E-state index in [0.29, 0.717) is 11.1 Å². The highest BCUT2D eigenvalue weighted by atomic mass is 14.3. The van der Waals surface area contributed by atoms with Gasteiger partial charge in [0.2, 0.25) is 0 Å². The maximum atomic E-state index is 9.12. The third-order valence-electron chi connectivity index (χ3n) is 6.31. The highest BCUT2D eigenvalue weighted by molar-refractivity contribution is 6.19. The van der Waals surface area contributed by atoms with Gasteiger partial charge in [-0.1, -0.05) is 66.7 Å². The average Bonchev–Trinajstić information content (AvgIpc) is 3.19. The molecule has 1 aliphatic rings. The molecule has 0 bridgehead atoms. The Balaban J connectivity index is 1.52. The standard InChI is InChI=1S/C30H16N2/c31-17-19-4-8-21(9-5-19)23-12-13-25-28-15-14-24(22-10-6-20(18-32)7-11-22)26-2-1-3-27(30(26)28)29(25)16-23/h1-16H. The minimum atomic E-state index is 0.669. The fourth-order valence-corrected chi connectivity index (χ4v) is 4.75. The van der Waals surface area contributed by atoms with Gasteiger partial charge in [-0.2, -0.15) is 10.5 Å². The Morgan fingerprint density at radius 1 is 0.438 bits per heavy atom. The van der Waals surface area contributed by atoms with Crippen molar-refractivity contribution in [2.45, 2.75) is 0 Å². The molecular formula is C30H16N2. The molecule has 146 valence electrons. The zero-order valence-electron chi connectivity index (χ0n) is 17.1. The zero-order valence-corrected chi connectivity index (χ0v) is 17.1. The largest absolute Gasteiger partial charge is 0.192 e. The van der Waals surface area contributed by atoms with E-state index in [4.69, 9.17) is 10.5 Å². The van der Waals surface area contributed by atoms with Crippen LogP contribution in [0.3, 0.4) is 0 Å². The number of nitrogens with zero attached hydrogens (tertiary/aromatic N) is 2. The van der Waals surface area contributed by atoms with Crippen molar-refractivity contribution in [2.75, 3.05) is 0 Å². The summed E-state index contributed by atoms with van der Waals surface area (Å²) in [5.41, 5.74) is 10.9. The summed E-state index contributed by atoms with van der Waals surface area (Å²) in [7, 11) is 0. The summed E-state index contributed by atoms with van der Waals surface area (Å²) in [6.45, 7) is 0. The first-order valence-corrected chi connectivity index (χ1v) is 10.5. The van der Waals surface area contributed by atoms with Gasteiger partial charge in [0.1, 0.15) is 0 Å². The van der Waals surface area contributed by atoms with Crippen molar-refractivity contribution < 1.29 is 0 Å². The molecular weight excluding hydrogens is 388 g/mol. The Hall–Kier alpha value is -4.66. The van der Waals surface area contributed by atoms with Crippen molar-refractivity contribution in [2.24, 2.45) is 0 Å². The van der Waals surface area contributed by atoms with Crippen LogP contribution in [0.15, 0.2) is 97.1 Å². The molecule has 0 spiro atoms. The molecule has 0 aliphatic heterocycles. The van der Waals surface area contributed by atoms with Crippen LogP contribution in [0.2, 0.25) is 0 Å². The Morgan fingerprint density at radius 3 is 1.69 bits per heavy atom. The van der Waals surface area contributed by atoms with Gasteiger partial charge in [0.05, 0.1) is 23.3 Å². The van der Waals surface area contributed by atoms with E-state index in [0.717, 1.165) is 16.7 Å². The SMILES string of the molecule is N#Cc1ccc(-c2ccc3c(c2)-c2cccc4c(-c5ccc(C#N)cc5)ccc-3c24)cc1. The second-order valence-corrected chi connectivity index (χ2v) is 8.03. The minimum absolute atomic E-state index is 0.669. The van der Waals surface area contributed by atoms with Gasteiger partial charge in [-0.05, 0) is 85.6 Å². The van der Waals surface area contributed by atoms with Gasteiger partial charge < -0.3 is 0 Å². The normalized spacial score (nSPS) is 11.1. The molecule has 2 heteroatoms. The van der Waals surface area contributed by atoms with Crippen molar-refractivity contribution in [3.63, 3.8) is 0 Å². The van der Waals surface area contributed by atoms with E-state index in [-0.39, 0.29) is 0 Å². The van der Waals surface area contributed by atoms with Crippen LogP contribution >= 0.6 is 0 Å². The van der Waals surface area contributed by atoms with Crippen LogP contribution in [0.4, 0.5) is 0 Å². The van der Waals surface area contributed by atoms with E-state index >= 15 is 0 Å². The van der Waals surface area contributed by atoms with E-state index in [1.807, 2.05) is 48.5 Å². The molecule has 0 heterocycles. The first-order valence-electron chi connectivity index (χ1n) is 10.5. The molecule has 0 saturated heterocycles.